The number of hydrogen-bond donors (Lipinski definition) is 1. The highest BCUT2D eigenvalue weighted by atomic mass is 35.5. The second kappa shape index (κ2) is 6.28. The summed E-state index contributed by atoms with van der Waals surface area (Å²) in [6.07, 6.45) is -1.01. The summed E-state index contributed by atoms with van der Waals surface area (Å²) in [5.74, 6) is 1.06. The number of ether oxygens (including phenoxy) is 2. The first-order valence-electron chi connectivity index (χ1n) is 7.08. The van der Waals surface area contributed by atoms with Gasteiger partial charge in [-0.1, -0.05) is 35.9 Å². The second-order valence-corrected chi connectivity index (χ2v) is 5.59. The molecule has 5 heteroatoms. The van der Waals surface area contributed by atoms with Crippen molar-refractivity contribution in [1.29, 1.82) is 0 Å². The summed E-state index contributed by atoms with van der Waals surface area (Å²) in [5, 5.41) is 3.53. The molecule has 4 nitrogen and oxygen atoms in total. The molecule has 1 aliphatic heterocycles. The number of rotatable bonds is 3. The zero-order valence-electron chi connectivity index (χ0n) is 12.1. The molecule has 0 bridgehead atoms. The number of benzene rings is 2. The summed E-state index contributed by atoms with van der Waals surface area (Å²) in [4.78, 5) is 12.3. The van der Waals surface area contributed by atoms with Gasteiger partial charge in [-0.05, 0) is 36.8 Å². The third-order valence-electron chi connectivity index (χ3n) is 3.48. The van der Waals surface area contributed by atoms with Gasteiger partial charge in [0, 0.05) is 11.6 Å². The minimum Gasteiger partial charge on any atom is -0.482 e. The molecule has 1 heterocycles. The lowest BCUT2D eigenvalue weighted by molar-refractivity contribution is -0.133. The topological polar surface area (TPSA) is 47.6 Å². The van der Waals surface area contributed by atoms with E-state index < -0.39 is 6.10 Å². The number of carbonyl (C=O) groups is 1. The molecule has 0 saturated carbocycles. The largest absolute Gasteiger partial charge is 0.482 e. The highest BCUT2D eigenvalue weighted by molar-refractivity contribution is 6.30. The third kappa shape index (κ3) is 3.17. The van der Waals surface area contributed by atoms with Crippen LogP contribution in [0.3, 0.4) is 0 Å². The lowest BCUT2D eigenvalue weighted by Crippen LogP contribution is -2.48. The Balaban J connectivity index is 1.64. The van der Waals surface area contributed by atoms with Gasteiger partial charge in [0.1, 0.15) is 6.10 Å². The number of nitrogens with one attached hydrogen (secondary N) is 1. The first-order valence-corrected chi connectivity index (χ1v) is 7.46. The van der Waals surface area contributed by atoms with Crippen molar-refractivity contribution in [3.8, 4) is 11.5 Å². The van der Waals surface area contributed by atoms with Gasteiger partial charge in [0.25, 0.3) is 5.91 Å². The maximum atomic E-state index is 12.3. The molecule has 114 valence electrons. The van der Waals surface area contributed by atoms with E-state index in [4.69, 9.17) is 21.1 Å². The van der Waals surface area contributed by atoms with Gasteiger partial charge in [-0.3, -0.25) is 4.79 Å². The zero-order chi connectivity index (χ0) is 15.5. The van der Waals surface area contributed by atoms with Crippen LogP contribution in [0, 0.1) is 0 Å². The second-order valence-electron chi connectivity index (χ2n) is 5.15. The maximum absolute atomic E-state index is 12.3. The molecular formula is C17H16ClNO3. The quantitative estimate of drug-likeness (QED) is 0.945. The van der Waals surface area contributed by atoms with Crippen LogP contribution >= 0.6 is 11.6 Å². The van der Waals surface area contributed by atoms with Crippen LogP contribution < -0.4 is 14.8 Å². The van der Waals surface area contributed by atoms with E-state index in [2.05, 4.69) is 5.32 Å². The SMILES string of the molecule is C[C@@H]1Oc2ccccc2O[C@H]1C(=O)NCc1ccc(Cl)cc1. The summed E-state index contributed by atoms with van der Waals surface area (Å²) in [6, 6.07) is 14.7. The van der Waals surface area contributed by atoms with Gasteiger partial charge in [0.05, 0.1) is 0 Å². The summed E-state index contributed by atoms with van der Waals surface area (Å²) < 4.78 is 11.5. The van der Waals surface area contributed by atoms with Gasteiger partial charge in [-0.15, -0.1) is 0 Å². The molecule has 1 N–H and O–H groups in total. The molecule has 0 fully saturated rings. The van der Waals surface area contributed by atoms with Crippen LogP contribution in [0.2, 0.25) is 5.02 Å². The van der Waals surface area contributed by atoms with Crippen LogP contribution in [-0.4, -0.2) is 18.1 Å². The Labute approximate surface area is 134 Å². The van der Waals surface area contributed by atoms with Crippen molar-refractivity contribution in [3.63, 3.8) is 0 Å². The Morgan fingerprint density at radius 2 is 1.73 bits per heavy atom. The lowest BCUT2D eigenvalue weighted by Gasteiger charge is -2.31. The predicted molar refractivity (Wildman–Crippen MR) is 84.2 cm³/mol. The molecule has 3 rings (SSSR count). The first-order chi connectivity index (χ1) is 10.6. The summed E-state index contributed by atoms with van der Waals surface area (Å²) in [5.41, 5.74) is 0.975. The number of carbonyl (C=O) groups excluding carboxylic acids is 1. The van der Waals surface area contributed by atoms with Crippen molar-refractivity contribution in [2.24, 2.45) is 0 Å². The maximum Gasteiger partial charge on any atom is 0.265 e. The molecule has 2 aromatic carbocycles. The van der Waals surface area contributed by atoms with Gasteiger partial charge in [-0.25, -0.2) is 0 Å². The van der Waals surface area contributed by atoms with Crippen molar-refractivity contribution in [2.75, 3.05) is 0 Å². The van der Waals surface area contributed by atoms with Crippen LogP contribution in [0.5, 0.6) is 11.5 Å². The van der Waals surface area contributed by atoms with Gasteiger partial charge in [0.15, 0.2) is 11.5 Å². The normalized spacial score (nSPS) is 19.5. The monoisotopic (exact) mass is 317 g/mol. The van der Waals surface area contributed by atoms with E-state index in [0.717, 1.165) is 5.56 Å². The van der Waals surface area contributed by atoms with Crippen molar-refractivity contribution in [3.05, 3.63) is 59.1 Å². The van der Waals surface area contributed by atoms with E-state index in [1.807, 2.05) is 37.3 Å². The minimum absolute atomic E-state index is 0.197. The number of amides is 1. The van der Waals surface area contributed by atoms with Gasteiger partial charge in [-0.2, -0.15) is 0 Å². The Kier molecular flexibility index (Phi) is 4.20. The van der Waals surface area contributed by atoms with Crippen molar-refractivity contribution in [2.45, 2.75) is 25.7 Å². The molecule has 22 heavy (non-hydrogen) atoms. The standard InChI is InChI=1S/C17H16ClNO3/c1-11-16(22-15-5-3-2-4-14(15)21-11)17(20)19-10-12-6-8-13(18)9-7-12/h2-9,11,16H,10H2,1H3,(H,19,20)/t11-,16+/m0/s1. The van der Waals surface area contributed by atoms with Crippen molar-refractivity contribution < 1.29 is 14.3 Å². The van der Waals surface area contributed by atoms with E-state index in [9.17, 15) is 4.79 Å². The highest BCUT2D eigenvalue weighted by Crippen LogP contribution is 2.33. The molecular weight excluding hydrogens is 302 g/mol. The van der Waals surface area contributed by atoms with E-state index in [1.54, 1.807) is 18.2 Å². The summed E-state index contributed by atoms with van der Waals surface area (Å²) in [7, 11) is 0. The molecule has 2 atom stereocenters. The lowest BCUT2D eigenvalue weighted by atomic mass is 10.1. The van der Waals surface area contributed by atoms with E-state index >= 15 is 0 Å². The zero-order valence-corrected chi connectivity index (χ0v) is 12.8. The van der Waals surface area contributed by atoms with Gasteiger partial charge in [0.2, 0.25) is 6.10 Å². The van der Waals surface area contributed by atoms with Crippen molar-refractivity contribution >= 4 is 17.5 Å². The summed E-state index contributed by atoms with van der Waals surface area (Å²) >= 11 is 5.84. The molecule has 0 radical (unpaired) electrons. The molecule has 1 amide bonds. The van der Waals surface area contributed by atoms with Gasteiger partial charge >= 0.3 is 0 Å². The van der Waals surface area contributed by atoms with Crippen molar-refractivity contribution in [1.82, 2.24) is 5.32 Å². The van der Waals surface area contributed by atoms with Crippen LogP contribution in [0.1, 0.15) is 12.5 Å². The smallest absolute Gasteiger partial charge is 0.265 e. The molecule has 2 aromatic rings. The number of fused-ring (bicyclic) bond motifs is 1. The third-order valence-corrected chi connectivity index (χ3v) is 3.73. The Morgan fingerprint density at radius 3 is 2.41 bits per heavy atom. The molecule has 0 spiro atoms. The number of halogens is 1. The molecule has 0 saturated heterocycles. The van der Waals surface area contributed by atoms with E-state index in [1.165, 1.54) is 0 Å². The van der Waals surface area contributed by atoms with Crippen LogP contribution in [-0.2, 0) is 11.3 Å². The molecule has 1 aliphatic rings. The fourth-order valence-corrected chi connectivity index (χ4v) is 2.42. The fourth-order valence-electron chi connectivity index (χ4n) is 2.30. The Bertz CT molecular complexity index is 672. The molecule has 0 aliphatic carbocycles. The molecule has 0 unspecified atom stereocenters. The van der Waals surface area contributed by atoms with Crippen LogP contribution in [0.4, 0.5) is 0 Å². The molecule has 0 aromatic heterocycles. The fraction of sp³-hybridized carbons (Fsp3) is 0.235. The minimum atomic E-state index is -0.665. The Hall–Kier alpha value is -2.20. The van der Waals surface area contributed by atoms with E-state index in [0.29, 0.717) is 23.1 Å². The number of para-hydroxylation sites is 2. The highest BCUT2D eigenvalue weighted by Gasteiger charge is 2.33. The first kappa shape index (κ1) is 14.7. The predicted octanol–water partition coefficient (Wildman–Crippen LogP) is 3.18. The van der Waals surface area contributed by atoms with Crippen LogP contribution in [0.15, 0.2) is 48.5 Å². The van der Waals surface area contributed by atoms with Crippen LogP contribution in [0.25, 0.3) is 0 Å². The average Bonchev–Trinajstić information content (AvgIpc) is 2.53. The van der Waals surface area contributed by atoms with Gasteiger partial charge < -0.3 is 14.8 Å². The number of hydrogen-bond acceptors (Lipinski definition) is 3. The summed E-state index contributed by atoms with van der Waals surface area (Å²) in [6.45, 7) is 2.24. The van der Waals surface area contributed by atoms with E-state index in [-0.39, 0.29) is 12.0 Å². The average molecular weight is 318 g/mol. The Morgan fingerprint density at radius 1 is 1.09 bits per heavy atom.